The van der Waals surface area contributed by atoms with Crippen molar-refractivity contribution in [2.45, 2.75) is 47.7 Å². The van der Waals surface area contributed by atoms with E-state index in [1.807, 2.05) is 0 Å². The van der Waals surface area contributed by atoms with Crippen LogP contribution in [0.3, 0.4) is 0 Å². The Morgan fingerprint density at radius 3 is 2.91 bits per heavy atom. The molecule has 1 spiro atoms. The lowest BCUT2D eigenvalue weighted by Gasteiger charge is -2.30. The van der Waals surface area contributed by atoms with Gasteiger partial charge in [-0.1, -0.05) is 0 Å². The van der Waals surface area contributed by atoms with Crippen molar-refractivity contribution in [3.8, 4) is 0 Å². The summed E-state index contributed by atoms with van der Waals surface area (Å²) in [6.07, 6.45) is 0.563. The zero-order valence-corrected chi connectivity index (χ0v) is 12.9. The van der Waals surface area contributed by atoms with Crippen molar-refractivity contribution < 1.29 is 15.3 Å². The largest absolute Gasteiger partial charge is 0.392 e. The zero-order valence-electron chi connectivity index (χ0n) is 12.1. The van der Waals surface area contributed by atoms with E-state index >= 15 is 0 Å². The number of thioether (sulfide) groups is 1. The topological polar surface area (TPSA) is 150 Å². The molecule has 0 bridgehead atoms. The first-order valence-corrected chi connectivity index (χ1v) is 8.26. The molecule has 10 heteroatoms. The van der Waals surface area contributed by atoms with Gasteiger partial charge in [-0.15, -0.1) is 11.8 Å². The monoisotopic (exact) mass is 339 g/mol. The van der Waals surface area contributed by atoms with Crippen molar-refractivity contribution in [1.29, 1.82) is 0 Å². The summed E-state index contributed by atoms with van der Waals surface area (Å²) in [4.78, 5) is 22.4. The summed E-state index contributed by atoms with van der Waals surface area (Å²) in [7, 11) is 0. The first-order valence-electron chi connectivity index (χ1n) is 7.38. The number of aliphatic hydroxyl groups is 3. The Balaban J connectivity index is 1.81. The predicted octanol–water partition coefficient (Wildman–Crippen LogP) is -1.05. The standard InChI is InChI=1S/C13H17N5O4S/c14-12-16-9-6(10(22)17-12)15-4-18(9)11-7(20)8(21)13(23-11)3-1-2-5(13)19/h4-5,7-8,11,19-21H,1-3H2,(H3,14,16,17,22)/t5-,7+,8-,11+,13?/m0/s1. The third-order valence-electron chi connectivity index (χ3n) is 4.79. The number of hydrogen-bond acceptors (Lipinski definition) is 8. The number of nitrogens with one attached hydrogen (secondary N) is 1. The maximum absolute atomic E-state index is 11.9. The number of imidazole rings is 1. The number of aromatic nitrogens is 4. The quantitative estimate of drug-likeness (QED) is 0.442. The molecule has 0 aromatic carbocycles. The molecule has 1 aliphatic heterocycles. The van der Waals surface area contributed by atoms with Crippen molar-refractivity contribution in [1.82, 2.24) is 19.5 Å². The van der Waals surface area contributed by atoms with Gasteiger partial charge in [0.1, 0.15) is 11.5 Å². The highest BCUT2D eigenvalue weighted by Crippen LogP contribution is 2.57. The van der Waals surface area contributed by atoms with Crippen molar-refractivity contribution >= 4 is 28.9 Å². The van der Waals surface area contributed by atoms with E-state index in [4.69, 9.17) is 5.73 Å². The molecule has 1 aliphatic carbocycles. The Labute approximate surface area is 134 Å². The average Bonchev–Trinajstić information content (AvgIpc) is 3.14. The van der Waals surface area contributed by atoms with Gasteiger partial charge in [0, 0.05) is 0 Å². The van der Waals surface area contributed by atoms with Crippen LogP contribution in [0.15, 0.2) is 11.1 Å². The second kappa shape index (κ2) is 4.94. The zero-order chi connectivity index (χ0) is 16.4. The van der Waals surface area contributed by atoms with Crippen LogP contribution in [0.1, 0.15) is 24.6 Å². The van der Waals surface area contributed by atoms with Crippen LogP contribution in [0, 0.1) is 0 Å². The Morgan fingerprint density at radius 1 is 1.43 bits per heavy atom. The fourth-order valence-corrected chi connectivity index (χ4v) is 5.45. The molecule has 3 heterocycles. The summed E-state index contributed by atoms with van der Waals surface area (Å²) < 4.78 is 0.743. The molecule has 2 aromatic rings. The number of aliphatic hydroxyl groups excluding tert-OH is 3. The molecular weight excluding hydrogens is 322 g/mol. The fraction of sp³-hybridized carbons (Fsp3) is 0.615. The van der Waals surface area contributed by atoms with Crippen LogP contribution in [-0.2, 0) is 0 Å². The molecule has 0 amide bonds. The number of nitrogens with two attached hydrogens (primary N) is 1. The first-order chi connectivity index (χ1) is 10.9. The normalized spacial score (nSPS) is 37.2. The van der Waals surface area contributed by atoms with E-state index in [2.05, 4.69) is 15.0 Å². The Kier molecular flexibility index (Phi) is 3.21. The number of fused-ring (bicyclic) bond motifs is 1. The lowest BCUT2D eigenvalue weighted by Crippen LogP contribution is -2.46. The van der Waals surface area contributed by atoms with E-state index in [1.165, 1.54) is 18.1 Å². The second-order valence-electron chi connectivity index (χ2n) is 6.08. The van der Waals surface area contributed by atoms with Gasteiger partial charge in [-0.2, -0.15) is 4.98 Å². The smallest absolute Gasteiger partial charge is 0.280 e. The van der Waals surface area contributed by atoms with Crippen LogP contribution in [0.4, 0.5) is 5.95 Å². The maximum atomic E-state index is 11.9. The van der Waals surface area contributed by atoms with Crippen molar-refractivity contribution in [2.75, 3.05) is 5.73 Å². The van der Waals surface area contributed by atoms with Gasteiger partial charge in [0.05, 0.1) is 23.3 Å². The van der Waals surface area contributed by atoms with Crippen molar-refractivity contribution in [2.24, 2.45) is 0 Å². The highest BCUT2D eigenvalue weighted by molar-refractivity contribution is 8.01. The molecule has 2 aliphatic rings. The number of aromatic amines is 1. The molecule has 9 nitrogen and oxygen atoms in total. The number of nitrogen functional groups attached to an aromatic ring is 1. The van der Waals surface area contributed by atoms with Crippen LogP contribution in [0.25, 0.3) is 11.2 Å². The highest BCUT2D eigenvalue weighted by Gasteiger charge is 2.59. The Bertz CT molecular complexity index is 822. The summed E-state index contributed by atoms with van der Waals surface area (Å²) in [5.41, 5.74) is 5.50. The minimum Gasteiger partial charge on any atom is -0.392 e. The number of anilines is 1. The van der Waals surface area contributed by atoms with E-state index in [0.717, 1.165) is 6.42 Å². The molecule has 1 unspecified atom stereocenters. The number of hydrogen-bond donors (Lipinski definition) is 5. The van der Waals surface area contributed by atoms with Crippen molar-refractivity contribution in [3.05, 3.63) is 16.7 Å². The average molecular weight is 339 g/mol. The highest BCUT2D eigenvalue weighted by atomic mass is 32.2. The Morgan fingerprint density at radius 2 is 2.22 bits per heavy atom. The molecule has 1 saturated carbocycles. The SMILES string of the molecule is Nc1nc2c(ncn2[C@@H]2SC3(CCC[C@@H]3O)[C@@H](O)[C@H]2O)c(=O)[nH]1. The van der Waals surface area contributed by atoms with Crippen LogP contribution < -0.4 is 11.3 Å². The molecule has 1 saturated heterocycles. The van der Waals surface area contributed by atoms with Crippen LogP contribution >= 0.6 is 11.8 Å². The van der Waals surface area contributed by atoms with Gasteiger partial charge in [0.2, 0.25) is 5.95 Å². The number of rotatable bonds is 1. The summed E-state index contributed by atoms with van der Waals surface area (Å²) in [5.74, 6) is -0.0436. The van der Waals surface area contributed by atoms with Crippen LogP contribution in [0.5, 0.6) is 0 Å². The molecule has 6 N–H and O–H groups in total. The van der Waals surface area contributed by atoms with Gasteiger partial charge in [0.25, 0.3) is 5.56 Å². The van der Waals surface area contributed by atoms with E-state index in [1.54, 1.807) is 4.57 Å². The van der Waals surface area contributed by atoms with Crippen LogP contribution in [-0.4, -0.2) is 57.9 Å². The molecule has 2 fully saturated rings. The van der Waals surface area contributed by atoms with E-state index in [9.17, 15) is 20.1 Å². The van der Waals surface area contributed by atoms with Gasteiger partial charge >= 0.3 is 0 Å². The van der Waals surface area contributed by atoms with Gasteiger partial charge < -0.3 is 21.1 Å². The lowest BCUT2D eigenvalue weighted by molar-refractivity contribution is -0.0251. The molecule has 4 rings (SSSR count). The van der Waals surface area contributed by atoms with Crippen LogP contribution in [0.2, 0.25) is 0 Å². The molecule has 124 valence electrons. The third-order valence-corrected chi connectivity index (χ3v) is 6.69. The third kappa shape index (κ3) is 1.95. The van der Waals surface area contributed by atoms with Crippen molar-refractivity contribution in [3.63, 3.8) is 0 Å². The Hall–Kier alpha value is -1.62. The van der Waals surface area contributed by atoms with Gasteiger partial charge in [0.15, 0.2) is 11.2 Å². The summed E-state index contributed by atoms with van der Waals surface area (Å²) >= 11 is 1.31. The lowest BCUT2D eigenvalue weighted by atomic mass is 9.94. The van der Waals surface area contributed by atoms with E-state index < -0.39 is 34.0 Å². The maximum Gasteiger partial charge on any atom is 0.280 e. The molecule has 5 atom stereocenters. The molecule has 0 radical (unpaired) electrons. The number of H-pyrrole nitrogens is 1. The summed E-state index contributed by atoms with van der Waals surface area (Å²) in [6, 6.07) is 0. The van der Waals surface area contributed by atoms with E-state index in [0.29, 0.717) is 12.8 Å². The summed E-state index contributed by atoms with van der Waals surface area (Å²) in [5, 5.41) is 30.7. The minimum absolute atomic E-state index is 0.0436. The first kappa shape index (κ1) is 14.9. The predicted molar refractivity (Wildman–Crippen MR) is 83.8 cm³/mol. The number of nitrogens with zero attached hydrogens (tertiary/aromatic N) is 3. The molecular formula is C13H17N5O4S. The van der Waals surface area contributed by atoms with E-state index in [-0.39, 0.29) is 17.1 Å². The second-order valence-corrected chi connectivity index (χ2v) is 7.56. The van der Waals surface area contributed by atoms with Gasteiger partial charge in [-0.05, 0) is 19.3 Å². The van der Waals surface area contributed by atoms with Gasteiger partial charge in [-0.25, -0.2) is 4.98 Å². The minimum atomic E-state index is -1.10. The van der Waals surface area contributed by atoms with Gasteiger partial charge in [-0.3, -0.25) is 14.3 Å². The molecule has 23 heavy (non-hydrogen) atoms. The fourth-order valence-electron chi connectivity index (χ4n) is 3.62. The summed E-state index contributed by atoms with van der Waals surface area (Å²) in [6.45, 7) is 0. The molecule has 2 aromatic heterocycles.